The average molecular weight is 304 g/mol. The Labute approximate surface area is 133 Å². The van der Waals surface area contributed by atoms with Gasteiger partial charge in [0.2, 0.25) is 0 Å². The molecule has 1 aliphatic rings. The molecule has 1 aliphatic carbocycles. The third-order valence-corrected chi connectivity index (χ3v) is 4.89. The highest BCUT2D eigenvalue weighted by molar-refractivity contribution is 5.74. The van der Waals surface area contributed by atoms with Gasteiger partial charge in [0.05, 0.1) is 0 Å². The molecular weight excluding hydrogens is 276 g/mol. The first-order valence-corrected chi connectivity index (χ1v) is 8.38. The van der Waals surface area contributed by atoms with Gasteiger partial charge in [0, 0.05) is 12.6 Å². The molecule has 0 bridgehead atoms. The number of urea groups is 1. The minimum atomic E-state index is -0.0448. The van der Waals surface area contributed by atoms with Gasteiger partial charge < -0.3 is 15.7 Å². The second kappa shape index (κ2) is 8.06. The van der Waals surface area contributed by atoms with Crippen LogP contribution in [0.4, 0.5) is 4.79 Å². The van der Waals surface area contributed by atoms with Crippen molar-refractivity contribution in [3.8, 4) is 5.75 Å². The molecule has 3 N–H and O–H groups in total. The Kier molecular flexibility index (Phi) is 6.10. The van der Waals surface area contributed by atoms with Crippen LogP contribution in [0.5, 0.6) is 5.75 Å². The lowest BCUT2D eigenvalue weighted by molar-refractivity contribution is 0.195. The van der Waals surface area contributed by atoms with Crippen LogP contribution in [0.15, 0.2) is 24.3 Å². The van der Waals surface area contributed by atoms with Crippen molar-refractivity contribution in [2.45, 2.75) is 52.0 Å². The summed E-state index contributed by atoms with van der Waals surface area (Å²) in [6.45, 7) is 5.18. The molecule has 0 spiro atoms. The summed E-state index contributed by atoms with van der Waals surface area (Å²) in [7, 11) is 0. The molecule has 2 rings (SSSR count). The molecule has 0 aliphatic heterocycles. The van der Waals surface area contributed by atoms with Crippen LogP contribution in [0.3, 0.4) is 0 Å². The highest BCUT2D eigenvalue weighted by Crippen LogP contribution is 2.29. The second-order valence-corrected chi connectivity index (χ2v) is 6.54. The molecule has 1 aromatic rings. The van der Waals surface area contributed by atoms with Crippen molar-refractivity contribution < 1.29 is 9.90 Å². The molecule has 122 valence electrons. The SMILES string of the molecule is CC1CCCC(NC(=O)NCCCc2ccc(O)cc2)C1C. The standard InChI is InChI=1S/C18H28N2O2/c1-13-5-3-7-17(14(13)2)20-18(22)19-12-4-6-15-8-10-16(21)11-9-15/h8-11,13-14,17,21H,3-7,12H2,1-2H3,(H2,19,20,22). The van der Waals surface area contributed by atoms with Crippen molar-refractivity contribution in [3.63, 3.8) is 0 Å². The maximum absolute atomic E-state index is 12.0. The van der Waals surface area contributed by atoms with E-state index in [1.54, 1.807) is 12.1 Å². The summed E-state index contributed by atoms with van der Waals surface area (Å²) >= 11 is 0. The van der Waals surface area contributed by atoms with Crippen LogP contribution in [-0.2, 0) is 6.42 Å². The largest absolute Gasteiger partial charge is 0.508 e. The summed E-state index contributed by atoms with van der Waals surface area (Å²) in [5.41, 5.74) is 1.18. The van der Waals surface area contributed by atoms with Crippen molar-refractivity contribution in [2.24, 2.45) is 11.8 Å². The first-order valence-electron chi connectivity index (χ1n) is 8.38. The first-order chi connectivity index (χ1) is 10.6. The van der Waals surface area contributed by atoms with Gasteiger partial charge in [-0.2, -0.15) is 0 Å². The van der Waals surface area contributed by atoms with Gasteiger partial charge in [-0.3, -0.25) is 0 Å². The number of amides is 2. The number of carbonyl (C=O) groups excluding carboxylic acids is 1. The number of rotatable bonds is 5. The van der Waals surface area contributed by atoms with Gasteiger partial charge in [-0.05, 0) is 48.8 Å². The number of aromatic hydroxyl groups is 1. The summed E-state index contributed by atoms with van der Waals surface area (Å²) < 4.78 is 0. The lowest BCUT2D eigenvalue weighted by atomic mass is 9.78. The summed E-state index contributed by atoms with van der Waals surface area (Å²) in [5.74, 6) is 1.53. The molecule has 3 unspecified atom stereocenters. The van der Waals surface area contributed by atoms with E-state index in [1.807, 2.05) is 12.1 Å². The molecule has 0 aromatic heterocycles. The van der Waals surface area contributed by atoms with Crippen molar-refractivity contribution in [1.82, 2.24) is 10.6 Å². The molecule has 1 fully saturated rings. The third kappa shape index (κ3) is 4.93. The monoisotopic (exact) mass is 304 g/mol. The Morgan fingerprint density at radius 2 is 1.95 bits per heavy atom. The van der Waals surface area contributed by atoms with E-state index >= 15 is 0 Å². The first kappa shape index (κ1) is 16.7. The number of aryl methyl sites for hydroxylation is 1. The van der Waals surface area contributed by atoms with Crippen molar-refractivity contribution in [2.75, 3.05) is 6.54 Å². The lowest BCUT2D eigenvalue weighted by Crippen LogP contribution is -2.48. The fourth-order valence-electron chi connectivity index (χ4n) is 3.16. The fourth-order valence-corrected chi connectivity index (χ4v) is 3.16. The topological polar surface area (TPSA) is 61.4 Å². The molecule has 1 saturated carbocycles. The summed E-state index contributed by atoms with van der Waals surface area (Å²) in [5, 5.41) is 15.3. The van der Waals surface area contributed by atoms with E-state index in [0.717, 1.165) is 19.3 Å². The van der Waals surface area contributed by atoms with Crippen LogP contribution >= 0.6 is 0 Å². The van der Waals surface area contributed by atoms with E-state index in [2.05, 4.69) is 24.5 Å². The van der Waals surface area contributed by atoms with Gasteiger partial charge in [0.1, 0.15) is 5.75 Å². The zero-order valence-electron chi connectivity index (χ0n) is 13.6. The second-order valence-electron chi connectivity index (χ2n) is 6.54. The van der Waals surface area contributed by atoms with Gasteiger partial charge in [-0.25, -0.2) is 4.79 Å². The zero-order valence-corrected chi connectivity index (χ0v) is 13.6. The van der Waals surface area contributed by atoms with Crippen molar-refractivity contribution >= 4 is 6.03 Å². The maximum Gasteiger partial charge on any atom is 0.315 e. The van der Waals surface area contributed by atoms with Crippen molar-refractivity contribution in [1.29, 1.82) is 0 Å². The quantitative estimate of drug-likeness (QED) is 0.730. The van der Waals surface area contributed by atoms with E-state index in [4.69, 9.17) is 0 Å². The number of hydrogen-bond donors (Lipinski definition) is 3. The van der Waals surface area contributed by atoms with Crippen LogP contribution in [-0.4, -0.2) is 23.7 Å². The summed E-state index contributed by atoms with van der Waals surface area (Å²) in [4.78, 5) is 12.0. The van der Waals surface area contributed by atoms with Crippen molar-refractivity contribution in [3.05, 3.63) is 29.8 Å². The normalized spacial score (nSPS) is 24.7. The third-order valence-electron chi connectivity index (χ3n) is 4.89. The van der Waals surface area contributed by atoms with Gasteiger partial charge in [-0.15, -0.1) is 0 Å². The summed E-state index contributed by atoms with van der Waals surface area (Å²) in [6, 6.07) is 7.49. The molecule has 0 saturated heterocycles. The van der Waals surface area contributed by atoms with E-state index in [9.17, 15) is 9.90 Å². The molecular formula is C18H28N2O2. The Morgan fingerprint density at radius 1 is 1.23 bits per heavy atom. The highest BCUT2D eigenvalue weighted by Gasteiger charge is 2.27. The molecule has 0 heterocycles. The van der Waals surface area contributed by atoms with Gasteiger partial charge >= 0.3 is 6.03 Å². The number of benzene rings is 1. The van der Waals surface area contributed by atoms with E-state index in [-0.39, 0.29) is 11.8 Å². The number of phenolic OH excluding ortho intramolecular Hbond substituents is 1. The molecule has 0 radical (unpaired) electrons. The van der Waals surface area contributed by atoms with Crippen LogP contribution in [0.25, 0.3) is 0 Å². The molecule has 1 aromatic carbocycles. The minimum Gasteiger partial charge on any atom is -0.508 e. The predicted molar refractivity (Wildman–Crippen MR) is 88.9 cm³/mol. The number of nitrogens with one attached hydrogen (secondary N) is 2. The Balaban J connectivity index is 1.64. The smallest absolute Gasteiger partial charge is 0.315 e. The Bertz CT molecular complexity index is 472. The van der Waals surface area contributed by atoms with E-state index in [0.29, 0.717) is 24.4 Å². The zero-order chi connectivity index (χ0) is 15.9. The van der Waals surface area contributed by atoms with E-state index < -0.39 is 0 Å². The van der Waals surface area contributed by atoms with E-state index in [1.165, 1.54) is 18.4 Å². The Morgan fingerprint density at radius 3 is 2.68 bits per heavy atom. The van der Waals surface area contributed by atoms with Crippen LogP contribution in [0.2, 0.25) is 0 Å². The maximum atomic E-state index is 12.0. The van der Waals surface area contributed by atoms with Crippen LogP contribution in [0.1, 0.15) is 45.1 Å². The fraction of sp³-hybridized carbons (Fsp3) is 0.611. The Hall–Kier alpha value is -1.71. The van der Waals surface area contributed by atoms with Gasteiger partial charge in [0.25, 0.3) is 0 Å². The van der Waals surface area contributed by atoms with Gasteiger partial charge in [-0.1, -0.05) is 38.8 Å². The van der Waals surface area contributed by atoms with Crippen LogP contribution in [0, 0.1) is 11.8 Å². The highest BCUT2D eigenvalue weighted by atomic mass is 16.3. The molecule has 4 heteroatoms. The molecule has 4 nitrogen and oxygen atoms in total. The summed E-state index contributed by atoms with van der Waals surface area (Å²) in [6.07, 6.45) is 5.36. The number of carbonyl (C=O) groups is 1. The minimum absolute atomic E-state index is 0.0448. The van der Waals surface area contributed by atoms with Crippen LogP contribution < -0.4 is 10.6 Å². The molecule has 3 atom stereocenters. The predicted octanol–water partition coefficient (Wildman–Crippen LogP) is 3.45. The number of hydrogen-bond acceptors (Lipinski definition) is 2. The lowest BCUT2D eigenvalue weighted by Gasteiger charge is -2.34. The molecule has 2 amide bonds. The number of phenols is 1. The van der Waals surface area contributed by atoms with Gasteiger partial charge in [0.15, 0.2) is 0 Å². The molecule has 22 heavy (non-hydrogen) atoms. The average Bonchev–Trinajstić information content (AvgIpc) is 2.50.